The molecule has 3 aromatic rings. The maximum Gasteiger partial charge on any atom is 0.229 e. The van der Waals surface area contributed by atoms with E-state index >= 15 is 0 Å². The molecule has 0 bridgehead atoms. The zero-order chi connectivity index (χ0) is 19.5. The van der Waals surface area contributed by atoms with Crippen LogP contribution >= 0.6 is 11.6 Å². The second-order valence-electron chi connectivity index (χ2n) is 6.59. The van der Waals surface area contributed by atoms with Crippen LogP contribution in [-0.2, 0) is 4.79 Å². The molecule has 4 rings (SSSR count). The van der Waals surface area contributed by atoms with E-state index < -0.39 is 5.82 Å². The van der Waals surface area contributed by atoms with Crippen molar-refractivity contribution >= 4 is 29.0 Å². The number of carbonyl (C=O) groups excluding carboxylic acids is 1. The lowest BCUT2D eigenvalue weighted by Gasteiger charge is -2.32. The van der Waals surface area contributed by atoms with Gasteiger partial charge in [-0.3, -0.25) is 4.79 Å². The molecule has 0 radical (unpaired) electrons. The van der Waals surface area contributed by atoms with Gasteiger partial charge in [0.15, 0.2) is 5.82 Å². The van der Waals surface area contributed by atoms with Gasteiger partial charge in [-0.1, -0.05) is 11.6 Å². The van der Waals surface area contributed by atoms with Gasteiger partial charge >= 0.3 is 0 Å². The summed E-state index contributed by atoms with van der Waals surface area (Å²) in [5, 5.41) is 6.99. The quantitative estimate of drug-likeness (QED) is 0.727. The van der Waals surface area contributed by atoms with Gasteiger partial charge in [0, 0.05) is 37.2 Å². The number of hydrogen-bond acceptors (Lipinski definition) is 5. The first-order valence-corrected chi connectivity index (χ1v) is 9.31. The van der Waals surface area contributed by atoms with Crippen molar-refractivity contribution in [1.29, 1.82) is 0 Å². The summed E-state index contributed by atoms with van der Waals surface area (Å²) in [5.74, 6) is 0.583. The van der Waals surface area contributed by atoms with Crippen molar-refractivity contribution in [1.82, 2.24) is 19.7 Å². The van der Waals surface area contributed by atoms with Crippen molar-refractivity contribution in [2.24, 2.45) is 5.92 Å². The van der Waals surface area contributed by atoms with E-state index in [0.29, 0.717) is 18.1 Å². The van der Waals surface area contributed by atoms with Crippen molar-refractivity contribution in [3.8, 4) is 5.82 Å². The van der Waals surface area contributed by atoms with Crippen LogP contribution in [0.4, 0.5) is 15.9 Å². The molecule has 1 aliphatic heterocycles. The number of anilines is 2. The molecule has 1 aromatic carbocycles. The Labute approximate surface area is 166 Å². The first-order chi connectivity index (χ1) is 13.6. The zero-order valence-electron chi connectivity index (χ0n) is 14.9. The maximum atomic E-state index is 13.3. The fourth-order valence-electron chi connectivity index (χ4n) is 3.26. The van der Waals surface area contributed by atoms with Crippen LogP contribution < -0.4 is 10.2 Å². The normalized spacial score (nSPS) is 16.8. The highest BCUT2D eigenvalue weighted by atomic mass is 35.5. The Morgan fingerprint density at radius 3 is 2.89 bits per heavy atom. The third-order valence-corrected chi connectivity index (χ3v) is 4.97. The average molecular weight is 401 g/mol. The third-order valence-electron chi connectivity index (χ3n) is 4.68. The first kappa shape index (κ1) is 18.4. The summed E-state index contributed by atoms with van der Waals surface area (Å²) in [7, 11) is 0. The standard InChI is InChI=1S/C19H18ClFN6O/c20-15-9-14(4-5-16(15)21)25-19(28)13-3-1-7-26(11-13)17-10-18(23-12-22-17)27-8-2-6-24-27/h2,4-6,8-10,12-13H,1,3,7,11H2,(H,25,28). The van der Waals surface area contributed by atoms with E-state index in [2.05, 4.69) is 25.3 Å². The Kier molecular flexibility index (Phi) is 5.21. The summed E-state index contributed by atoms with van der Waals surface area (Å²) in [5.41, 5.74) is 0.483. The number of aromatic nitrogens is 4. The van der Waals surface area contributed by atoms with Crippen molar-refractivity contribution in [2.75, 3.05) is 23.3 Å². The molecule has 1 N–H and O–H groups in total. The lowest BCUT2D eigenvalue weighted by Crippen LogP contribution is -2.41. The van der Waals surface area contributed by atoms with E-state index in [1.807, 2.05) is 18.3 Å². The Morgan fingerprint density at radius 2 is 2.11 bits per heavy atom. The number of nitrogens with one attached hydrogen (secondary N) is 1. The molecule has 1 amide bonds. The highest BCUT2D eigenvalue weighted by Gasteiger charge is 2.27. The summed E-state index contributed by atoms with van der Waals surface area (Å²) < 4.78 is 15.0. The van der Waals surface area contributed by atoms with Crippen molar-refractivity contribution in [2.45, 2.75) is 12.8 Å². The molecule has 1 aliphatic rings. The Balaban J connectivity index is 1.46. The van der Waals surface area contributed by atoms with Crippen LogP contribution in [0.15, 0.2) is 49.1 Å². The van der Waals surface area contributed by atoms with E-state index in [9.17, 15) is 9.18 Å². The summed E-state index contributed by atoms with van der Waals surface area (Å²) >= 11 is 5.79. The fourth-order valence-corrected chi connectivity index (χ4v) is 3.44. The predicted molar refractivity (Wildman–Crippen MR) is 104 cm³/mol. The van der Waals surface area contributed by atoms with Crippen molar-refractivity contribution in [3.63, 3.8) is 0 Å². The monoisotopic (exact) mass is 400 g/mol. The van der Waals surface area contributed by atoms with E-state index in [1.165, 1.54) is 24.5 Å². The molecule has 0 spiro atoms. The number of hydrogen-bond donors (Lipinski definition) is 1. The van der Waals surface area contributed by atoms with E-state index in [0.717, 1.165) is 25.2 Å². The van der Waals surface area contributed by atoms with Crippen LogP contribution in [0.2, 0.25) is 5.02 Å². The van der Waals surface area contributed by atoms with Crippen LogP contribution in [0.3, 0.4) is 0 Å². The molecule has 7 nitrogen and oxygen atoms in total. The number of rotatable bonds is 4. The number of amides is 1. The topological polar surface area (TPSA) is 75.9 Å². The minimum Gasteiger partial charge on any atom is -0.356 e. The van der Waals surface area contributed by atoms with Gasteiger partial charge in [0.25, 0.3) is 0 Å². The number of benzene rings is 1. The molecule has 1 saturated heterocycles. The van der Waals surface area contributed by atoms with E-state index in [-0.39, 0.29) is 16.8 Å². The number of carbonyl (C=O) groups is 1. The minimum absolute atomic E-state index is 0.0183. The van der Waals surface area contributed by atoms with E-state index in [4.69, 9.17) is 11.6 Å². The van der Waals surface area contributed by atoms with Gasteiger partial charge in [0.2, 0.25) is 5.91 Å². The summed E-state index contributed by atoms with van der Waals surface area (Å²) in [6.07, 6.45) is 6.63. The van der Waals surface area contributed by atoms with Crippen LogP contribution in [0, 0.1) is 11.7 Å². The van der Waals surface area contributed by atoms with Crippen molar-refractivity contribution < 1.29 is 9.18 Å². The summed E-state index contributed by atoms with van der Waals surface area (Å²) in [6, 6.07) is 7.83. The number of piperidine rings is 1. The second kappa shape index (κ2) is 7.93. The molecular weight excluding hydrogens is 383 g/mol. The molecule has 3 heterocycles. The lowest BCUT2D eigenvalue weighted by atomic mass is 9.97. The number of halogens is 2. The molecule has 1 fully saturated rings. The van der Waals surface area contributed by atoms with Crippen LogP contribution in [0.25, 0.3) is 5.82 Å². The van der Waals surface area contributed by atoms with Gasteiger partial charge in [-0.15, -0.1) is 0 Å². The molecule has 0 aliphatic carbocycles. The molecule has 1 atom stereocenters. The summed E-state index contributed by atoms with van der Waals surface area (Å²) in [6.45, 7) is 1.35. The molecule has 1 unspecified atom stereocenters. The minimum atomic E-state index is -0.514. The Hall–Kier alpha value is -3.00. The van der Waals surface area contributed by atoms with Gasteiger partial charge in [-0.25, -0.2) is 19.0 Å². The number of nitrogens with zero attached hydrogens (tertiary/aromatic N) is 5. The van der Waals surface area contributed by atoms with Crippen LogP contribution in [-0.4, -0.2) is 38.7 Å². The van der Waals surface area contributed by atoms with E-state index in [1.54, 1.807) is 10.9 Å². The van der Waals surface area contributed by atoms with Gasteiger partial charge in [-0.05, 0) is 37.1 Å². The van der Waals surface area contributed by atoms with Gasteiger partial charge in [0.1, 0.15) is 18.0 Å². The smallest absolute Gasteiger partial charge is 0.229 e. The highest BCUT2D eigenvalue weighted by molar-refractivity contribution is 6.31. The van der Waals surface area contributed by atoms with Gasteiger partial charge in [0.05, 0.1) is 10.9 Å². The maximum absolute atomic E-state index is 13.3. The molecule has 144 valence electrons. The molecule has 9 heteroatoms. The largest absolute Gasteiger partial charge is 0.356 e. The van der Waals surface area contributed by atoms with Gasteiger partial charge < -0.3 is 10.2 Å². The predicted octanol–water partition coefficient (Wildman–Crippen LogP) is 3.31. The first-order valence-electron chi connectivity index (χ1n) is 8.93. The average Bonchev–Trinajstić information content (AvgIpc) is 3.26. The molecular formula is C19H18ClFN6O. The highest BCUT2D eigenvalue weighted by Crippen LogP contribution is 2.25. The molecule has 28 heavy (non-hydrogen) atoms. The Bertz CT molecular complexity index is 980. The van der Waals surface area contributed by atoms with Gasteiger partial charge in [-0.2, -0.15) is 5.10 Å². The van der Waals surface area contributed by atoms with Crippen LogP contribution in [0.1, 0.15) is 12.8 Å². The summed E-state index contributed by atoms with van der Waals surface area (Å²) in [4.78, 5) is 23.3. The third kappa shape index (κ3) is 3.96. The van der Waals surface area contributed by atoms with Crippen LogP contribution in [0.5, 0.6) is 0 Å². The Morgan fingerprint density at radius 1 is 1.25 bits per heavy atom. The zero-order valence-corrected chi connectivity index (χ0v) is 15.7. The van der Waals surface area contributed by atoms with Crippen molar-refractivity contribution in [3.05, 3.63) is 59.9 Å². The molecule has 0 saturated carbocycles. The molecule has 2 aromatic heterocycles. The lowest BCUT2D eigenvalue weighted by molar-refractivity contribution is -0.120. The second-order valence-corrected chi connectivity index (χ2v) is 7.00. The fraction of sp³-hybridized carbons (Fsp3) is 0.263. The SMILES string of the molecule is O=C(Nc1ccc(F)c(Cl)c1)C1CCCN(c2cc(-n3cccn3)ncn2)C1.